The first-order valence-corrected chi connectivity index (χ1v) is 7.34. The summed E-state index contributed by atoms with van der Waals surface area (Å²) < 4.78 is 5.04. The van der Waals surface area contributed by atoms with Crippen LogP contribution in [0.4, 0.5) is 5.69 Å². The first-order chi connectivity index (χ1) is 9.95. The van der Waals surface area contributed by atoms with Gasteiger partial charge in [-0.05, 0) is 44.0 Å². The minimum Gasteiger partial charge on any atom is -0.506 e. The second-order valence-electron chi connectivity index (χ2n) is 6.10. The number of aromatic hydroxyl groups is 1. The van der Waals surface area contributed by atoms with E-state index < -0.39 is 5.41 Å². The molecule has 1 atom stereocenters. The highest BCUT2D eigenvalue weighted by Gasteiger charge is 2.37. The van der Waals surface area contributed by atoms with Gasteiger partial charge in [-0.2, -0.15) is 0 Å². The minimum absolute atomic E-state index is 0.0141. The van der Waals surface area contributed by atoms with Gasteiger partial charge in [0.05, 0.1) is 12.8 Å². The van der Waals surface area contributed by atoms with Crippen LogP contribution in [0.15, 0.2) is 18.2 Å². The zero-order valence-corrected chi connectivity index (χ0v) is 12.9. The second kappa shape index (κ2) is 6.35. The van der Waals surface area contributed by atoms with Crippen molar-refractivity contribution in [3.05, 3.63) is 18.2 Å². The van der Waals surface area contributed by atoms with Crippen molar-refractivity contribution in [3.63, 3.8) is 0 Å². The Morgan fingerprint density at radius 3 is 2.81 bits per heavy atom. The Morgan fingerprint density at radius 2 is 2.24 bits per heavy atom. The molecule has 1 aliphatic heterocycles. The van der Waals surface area contributed by atoms with Crippen molar-refractivity contribution in [2.75, 3.05) is 25.5 Å². The Kier molecular flexibility index (Phi) is 4.73. The third-order valence-electron chi connectivity index (χ3n) is 4.36. The molecule has 1 aliphatic rings. The highest BCUT2D eigenvalue weighted by molar-refractivity contribution is 5.96. The maximum atomic E-state index is 12.6. The van der Waals surface area contributed by atoms with E-state index in [1.807, 2.05) is 13.8 Å². The number of phenolic OH excluding ortho intramolecular Hbond substituents is 1. The predicted molar refractivity (Wildman–Crippen MR) is 82.7 cm³/mol. The molecule has 116 valence electrons. The van der Waals surface area contributed by atoms with Crippen molar-refractivity contribution < 1.29 is 14.6 Å². The first kappa shape index (κ1) is 15.6. The van der Waals surface area contributed by atoms with E-state index in [0.29, 0.717) is 17.4 Å². The number of methoxy groups -OCH3 is 1. The second-order valence-corrected chi connectivity index (χ2v) is 6.10. The van der Waals surface area contributed by atoms with E-state index in [1.165, 1.54) is 13.2 Å². The third kappa shape index (κ3) is 3.47. The number of amides is 1. The van der Waals surface area contributed by atoms with Crippen molar-refractivity contribution in [1.82, 2.24) is 5.32 Å². The average Bonchev–Trinajstić information content (AvgIpc) is 2.50. The zero-order valence-electron chi connectivity index (χ0n) is 12.9. The highest BCUT2D eigenvalue weighted by Crippen LogP contribution is 2.35. The summed E-state index contributed by atoms with van der Waals surface area (Å²) in [5.74, 6) is 0.796. The molecule has 0 spiro atoms. The van der Waals surface area contributed by atoms with Gasteiger partial charge < -0.3 is 20.5 Å². The molecule has 2 rings (SSSR count). The SMILES string of the molecule is COc1ccc(NC(=O)C(C)(C)C2CCCNC2)c(O)c1. The summed E-state index contributed by atoms with van der Waals surface area (Å²) in [6, 6.07) is 4.86. The monoisotopic (exact) mass is 292 g/mol. The quantitative estimate of drug-likeness (QED) is 0.745. The van der Waals surface area contributed by atoms with Crippen LogP contribution in [0, 0.1) is 11.3 Å². The molecule has 0 saturated carbocycles. The van der Waals surface area contributed by atoms with E-state index in [0.717, 1.165) is 25.9 Å². The molecular weight excluding hydrogens is 268 g/mol. The van der Waals surface area contributed by atoms with Crippen LogP contribution >= 0.6 is 0 Å². The molecule has 1 amide bonds. The topological polar surface area (TPSA) is 70.6 Å². The van der Waals surface area contributed by atoms with Crippen LogP contribution in [0.1, 0.15) is 26.7 Å². The molecule has 1 aromatic carbocycles. The lowest BCUT2D eigenvalue weighted by Crippen LogP contribution is -2.44. The predicted octanol–water partition coefficient (Wildman–Crippen LogP) is 2.37. The number of piperidine rings is 1. The average molecular weight is 292 g/mol. The van der Waals surface area contributed by atoms with E-state index in [-0.39, 0.29) is 11.7 Å². The summed E-state index contributed by atoms with van der Waals surface area (Å²) in [7, 11) is 1.53. The van der Waals surface area contributed by atoms with Crippen LogP contribution in [0.5, 0.6) is 11.5 Å². The largest absolute Gasteiger partial charge is 0.506 e. The number of carbonyl (C=O) groups is 1. The zero-order chi connectivity index (χ0) is 15.5. The van der Waals surface area contributed by atoms with Gasteiger partial charge in [-0.3, -0.25) is 4.79 Å². The lowest BCUT2D eigenvalue weighted by atomic mass is 9.74. The summed E-state index contributed by atoms with van der Waals surface area (Å²) in [5, 5.41) is 16.1. The van der Waals surface area contributed by atoms with Gasteiger partial charge in [0.1, 0.15) is 11.5 Å². The van der Waals surface area contributed by atoms with Gasteiger partial charge in [-0.1, -0.05) is 13.8 Å². The number of phenols is 1. The molecule has 1 saturated heterocycles. The first-order valence-electron chi connectivity index (χ1n) is 7.34. The van der Waals surface area contributed by atoms with E-state index in [1.54, 1.807) is 12.1 Å². The van der Waals surface area contributed by atoms with Gasteiger partial charge in [0.2, 0.25) is 5.91 Å². The molecule has 5 nitrogen and oxygen atoms in total. The Morgan fingerprint density at radius 1 is 1.48 bits per heavy atom. The molecule has 1 fully saturated rings. The van der Waals surface area contributed by atoms with Crippen molar-refractivity contribution >= 4 is 11.6 Å². The molecule has 1 unspecified atom stereocenters. The third-order valence-corrected chi connectivity index (χ3v) is 4.36. The smallest absolute Gasteiger partial charge is 0.230 e. The molecular formula is C16H24N2O3. The molecule has 21 heavy (non-hydrogen) atoms. The molecule has 1 aromatic rings. The summed E-state index contributed by atoms with van der Waals surface area (Å²) in [6.45, 7) is 5.80. The maximum absolute atomic E-state index is 12.6. The van der Waals surface area contributed by atoms with E-state index >= 15 is 0 Å². The normalized spacial score (nSPS) is 19.1. The standard InChI is InChI=1S/C16H24N2O3/c1-16(2,11-5-4-8-17-10-11)15(20)18-13-7-6-12(21-3)9-14(13)19/h6-7,9,11,17,19H,4-5,8,10H2,1-3H3,(H,18,20). The van der Waals surface area contributed by atoms with Crippen LogP contribution in [0.25, 0.3) is 0 Å². The van der Waals surface area contributed by atoms with Crippen LogP contribution in [0.3, 0.4) is 0 Å². The Hall–Kier alpha value is -1.75. The lowest BCUT2D eigenvalue weighted by molar-refractivity contribution is -0.127. The van der Waals surface area contributed by atoms with Crippen LogP contribution in [-0.4, -0.2) is 31.2 Å². The summed E-state index contributed by atoms with van der Waals surface area (Å²) >= 11 is 0. The maximum Gasteiger partial charge on any atom is 0.230 e. The summed E-state index contributed by atoms with van der Waals surface area (Å²) in [5.41, 5.74) is -0.0718. The van der Waals surface area contributed by atoms with Gasteiger partial charge >= 0.3 is 0 Å². The van der Waals surface area contributed by atoms with E-state index in [4.69, 9.17) is 4.74 Å². The fourth-order valence-corrected chi connectivity index (χ4v) is 2.68. The van der Waals surface area contributed by atoms with E-state index in [9.17, 15) is 9.90 Å². The van der Waals surface area contributed by atoms with Crippen molar-refractivity contribution in [2.24, 2.45) is 11.3 Å². The van der Waals surface area contributed by atoms with Crippen LogP contribution in [-0.2, 0) is 4.79 Å². The van der Waals surface area contributed by atoms with Crippen LogP contribution < -0.4 is 15.4 Å². The number of hydrogen-bond donors (Lipinski definition) is 3. The number of carbonyl (C=O) groups excluding carboxylic acids is 1. The molecule has 1 heterocycles. The van der Waals surface area contributed by atoms with Gasteiger partial charge in [0, 0.05) is 11.5 Å². The number of ether oxygens (including phenoxy) is 1. The number of nitrogens with one attached hydrogen (secondary N) is 2. The van der Waals surface area contributed by atoms with Crippen molar-refractivity contribution in [2.45, 2.75) is 26.7 Å². The number of rotatable bonds is 4. The van der Waals surface area contributed by atoms with Gasteiger partial charge in [0.25, 0.3) is 0 Å². The molecule has 0 radical (unpaired) electrons. The fourth-order valence-electron chi connectivity index (χ4n) is 2.68. The molecule has 0 aliphatic carbocycles. The molecule has 0 bridgehead atoms. The van der Waals surface area contributed by atoms with Crippen LogP contribution in [0.2, 0.25) is 0 Å². The molecule has 3 N–H and O–H groups in total. The van der Waals surface area contributed by atoms with Crippen molar-refractivity contribution in [3.8, 4) is 11.5 Å². The molecule has 0 aromatic heterocycles. The Bertz CT molecular complexity index is 508. The minimum atomic E-state index is -0.486. The van der Waals surface area contributed by atoms with E-state index in [2.05, 4.69) is 10.6 Å². The number of hydrogen-bond acceptors (Lipinski definition) is 4. The van der Waals surface area contributed by atoms with Crippen molar-refractivity contribution in [1.29, 1.82) is 0 Å². The Labute approximate surface area is 125 Å². The lowest BCUT2D eigenvalue weighted by Gasteiger charge is -2.36. The highest BCUT2D eigenvalue weighted by atomic mass is 16.5. The summed E-state index contributed by atoms with van der Waals surface area (Å²) in [4.78, 5) is 12.6. The van der Waals surface area contributed by atoms with Gasteiger partial charge in [0.15, 0.2) is 0 Å². The Balaban J connectivity index is 2.09. The number of benzene rings is 1. The summed E-state index contributed by atoms with van der Waals surface area (Å²) in [6.07, 6.45) is 2.14. The van der Waals surface area contributed by atoms with Gasteiger partial charge in [-0.25, -0.2) is 0 Å². The molecule has 5 heteroatoms. The van der Waals surface area contributed by atoms with Gasteiger partial charge in [-0.15, -0.1) is 0 Å². The number of anilines is 1. The fraction of sp³-hybridized carbons (Fsp3) is 0.562.